The van der Waals surface area contributed by atoms with Crippen LogP contribution in [-0.2, 0) is 6.42 Å². The van der Waals surface area contributed by atoms with Gasteiger partial charge in [-0.15, -0.1) is 0 Å². The number of hydrogen-bond donors (Lipinski definition) is 1. The van der Waals surface area contributed by atoms with E-state index in [2.05, 4.69) is 54.2 Å². The van der Waals surface area contributed by atoms with Crippen molar-refractivity contribution in [2.75, 3.05) is 20.2 Å². The van der Waals surface area contributed by atoms with E-state index in [0.717, 1.165) is 29.7 Å². The Labute approximate surface area is 138 Å². The van der Waals surface area contributed by atoms with Gasteiger partial charge in [0.25, 0.3) is 0 Å². The third-order valence-corrected chi connectivity index (χ3v) is 4.86. The van der Waals surface area contributed by atoms with Gasteiger partial charge in [-0.25, -0.2) is 0 Å². The van der Waals surface area contributed by atoms with Gasteiger partial charge < -0.3 is 10.1 Å². The second-order valence-electron chi connectivity index (χ2n) is 5.87. The minimum absolute atomic E-state index is 0.320. The van der Waals surface area contributed by atoms with Crippen molar-refractivity contribution in [2.45, 2.75) is 52.9 Å². The maximum Gasteiger partial charge on any atom is 0.122 e. The molecule has 0 heterocycles. The van der Waals surface area contributed by atoms with Gasteiger partial charge in [0, 0.05) is 11.0 Å². The van der Waals surface area contributed by atoms with Gasteiger partial charge in [0.05, 0.1) is 7.11 Å². The number of methoxy groups -OCH3 is 1. The summed E-state index contributed by atoms with van der Waals surface area (Å²) in [6, 6.07) is 6.32. The molecule has 21 heavy (non-hydrogen) atoms. The topological polar surface area (TPSA) is 21.3 Å². The van der Waals surface area contributed by atoms with E-state index in [1.165, 1.54) is 31.2 Å². The Hall–Kier alpha value is -0.540. The van der Waals surface area contributed by atoms with Crippen LogP contribution >= 0.6 is 15.9 Å². The third-order valence-electron chi connectivity index (χ3n) is 4.37. The Morgan fingerprint density at radius 3 is 2.57 bits per heavy atom. The molecule has 1 atom stereocenters. The number of ether oxygens (including phenoxy) is 1. The van der Waals surface area contributed by atoms with E-state index in [0.29, 0.717) is 5.41 Å². The molecule has 0 amide bonds. The lowest BCUT2D eigenvalue weighted by atomic mass is 9.75. The summed E-state index contributed by atoms with van der Waals surface area (Å²) >= 11 is 3.59. The van der Waals surface area contributed by atoms with Crippen LogP contribution in [0.5, 0.6) is 5.75 Å². The van der Waals surface area contributed by atoms with E-state index in [1.54, 1.807) is 7.11 Å². The number of benzene rings is 1. The molecule has 1 unspecified atom stereocenters. The summed E-state index contributed by atoms with van der Waals surface area (Å²) in [7, 11) is 1.76. The Morgan fingerprint density at radius 1 is 1.24 bits per heavy atom. The Bertz CT molecular complexity index is 412. The maximum absolute atomic E-state index is 5.56. The smallest absolute Gasteiger partial charge is 0.122 e. The van der Waals surface area contributed by atoms with Crippen LogP contribution in [0.2, 0.25) is 0 Å². The molecule has 0 aliphatic rings. The normalized spacial score (nSPS) is 14.0. The highest BCUT2D eigenvalue weighted by atomic mass is 79.9. The molecule has 1 rings (SSSR count). The molecule has 0 aromatic heterocycles. The minimum atomic E-state index is 0.320. The zero-order valence-corrected chi connectivity index (χ0v) is 15.6. The van der Waals surface area contributed by atoms with E-state index >= 15 is 0 Å². The Morgan fingerprint density at radius 2 is 2.00 bits per heavy atom. The number of hydrogen-bond acceptors (Lipinski definition) is 2. The average molecular weight is 356 g/mol. The van der Waals surface area contributed by atoms with Crippen LogP contribution in [0.3, 0.4) is 0 Å². The van der Waals surface area contributed by atoms with E-state index in [9.17, 15) is 0 Å². The molecule has 0 radical (unpaired) electrons. The van der Waals surface area contributed by atoms with E-state index < -0.39 is 0 Å². The summed E-state index contributed by atoms with van der Waals surface area (Å²) in [5.41, 5.74) is 1.63. The van der Waals surface area contributed by atoms with Crippen molar-refractivity contribution >= 4 is 15.9 Å². The van der Waals surface area contributed by atoms with Crippen LogP contribution < -0.4 is 10.1 Å². The highest BCUT2D eigenvalue weighted by molar-refractivity contribution is 9.10. The molecule has 0 saturated heterocycles. The van der Waals surface area contributed by atoms with Crippen LogP contribution in [0.25, 0.3) is 0 Å². The monoisotopic (exact) mass is 355 g/mol. The van der Waals surface area contributed by atoms with Gasteiger partial charge in [0.2, 0.25) is 0 Å². The predicted molar refractivity (Wildman–Crippen MR) is 95.2 cm³/mol. The van der Waals surface area contributed by atoms with E-state index in [4.69, 9.17) is 4.74 Å². The van der Waals surface area contributed by atoms with Crippen LogP contribution in [0.15, 0.2) is 22.7 Å². The summed E-state index contributed by atoms with van der Waals surface area (Å²) in [4.78, 5) is 0. The second kappa shape index (κ2) is 9.47. The van der Waals surface area contributed by atoms with Crippen LogP contribution in [0, 0.1) is 5.41 Å². The molecular formula is C18H30BrNO. The van der Waals surface area contributed by atoms with Crippen molar-refractivity contribution in [1.29, 1.82) is 0 Å². The van der Waals surface area contributed by atoms with Crippen LogP contribution in [-0.4, -0.2) is 20.2 Å². The number of rotatable bonds is 10. The van der Waals surface area contributed by atoms with Gasteiger partial charge in [-0.05, 0) is 55.0 Å². The van der Waals surface area contributed by atoms with Crippen molar-refractivity contribution in [3.05, 3.63) is 28.2 Å². The SMILES string of the molecule is CCCCC(CC)(CNCC)Cc1cc(Br)ccc1OC. The molecular weight excluding hydrogens is 326 g/mol. The molecule has 120 valence electrons. The van der Waals surface area contributed by atoms with E-state index in [1.807, 2.05) is 6.07 Å². The lowest BCUT2D eigenvalue weighted by Crippen LogP contribution is -2.36. The molecule has 0 fully saturated rings. The first-order valence-electron chi connectivity index (χ1n) is 8.14. The highest BCUT2D eigenvalue weighted by Gasteiger charge is 2.28. The van der Waals surface area contributed by atoms with Crippen molar-refractivity contribution in [1.82, 2.24) is 5.32 Å². The van der Waals surface area contributed by atoms with E-state index in [-0.39, 0.29) is 0 Å². The van der Waals surface area contributed by atoms with Crippen molar-refractivity contribution in [2.24, 2.45) is 5.41 Å². The van der Waals surface area contributed by atoms with Gasteiger partial charge in [0.15, 0.2) is 0 Å². The maximum atomic E-state index is 5.56. The second-order valence-corrected chi connectivity index (χ2v) is 6.79. The van der Waals surface area contributed by atoms with Gasteiger partial charge in [-0.2, -0.15) is 0 Å². The summed E-state index contributed by atoms with van der Waals surface area (Å²) in [6.45, 7) is 8.88. The average Bonchev–Trinajstić information content (AvgIpc) is 2.50. The molecule has 0 saturated carbocycles. The fraction of sp³-hybridized carbons (Fsp3) is 0.667. The van der Waals surface area contributed by atoms with Crippen molar-refractivity contribution in [3.8, 4) is 5.75 Å². The van der Waals surface area contributed by atoms with Gasteiger partial charge in [-0.1, -0.05) is 49.5 Å². The van der Waals surface area contributed by atoms with Gasteiger partial charge >= 0.3 is 0 Å². The fourth-order valence-corrected chi connectivity index (χ4v) is 3.31. The summed E-state index contributed by atoms with van der Waals surface area (Å²) in [5, 5.41) is 3.57. The Balaban J connectivity index is 3.00. The zero-order valence-electron chi connectivity index (χ0n) is 14.0. The quantitative estimate of drug-likeness (QED) is 0.622. The van der Waals surface area contributed by atoms with Gasteiger partial charge in [0.1, 0.15) is 5.75 Å². The van der Waals surface area contributed by atoms with Crippen LogP contribution in [0.1, 0.15) is 52.0 Å². The number of nitrogens with one attached hydrogen (secondary N) is 1. The largest absolute Gasteiger partial charge is 0.496 e. The molecule has 3 heteroatoms. The first-order chi connectivity index (χ1) is 10.1. The summed E-state index contributed by atoms with van der Waals surface area (Å²) in [6.07, 6.45) is 6.07. The molecule has 0 spiro atoms. The van der Waals surface area contributed by atoms with Gasteiger partial charge in [-0.3, -0.25) is 0 Å². The lowest BCUT2D eigenvalue weighted by molar-refractivity contribution is 0.228. The lowest BCUT2D eigenvalue weighted by Gasteiger charge is -2.34. The van der Waals surface area contributed by atoms with Crippen molar-refractivity contribution < 1.29 is 4.74 Å². The Kier molecular flexibility index (Phi) is 8.35. The molecule has 2 nitrogen and oxygen atoms in total. The molecule has 0 aliphatic heterocycles. The van der Waals surface area contributed by atoms with Crippen molar-refractivity contribution in [3.63, 3.8) is 0 Å². The molecule has 0 bridgehead atoms. The first kappa shape index (κ1) is 18.5. The number of unbranched alkanes of at least 4 members (excludes halogenated alkanes) is 1. The summed E-state index contributed by atoms with van der Waals surface area (Å²) < 4.78 is 6.69. The predicted octanol–water partition coefficient (Wildman–Crippen LogP) is 5.20. The molecule has 1 aromatic rings. The van der Waals surface area contributed by atoms with Crippen LogP contribution in [0.4, 0.5) is 0 Å². The minimum Gasteiger partial charge on any atom is -0.496 e. The highest BCUT2D eigenvalue weighted by Crippen LogP contribution is 2.36. The first-order valence-corrected chi connectivity index (χ1v) is 8.93. The zero-order chi connectivity index (χ0) is 15.7. The number of halogens is 1. The fourth-order valence-electron chi connectivity index (χ4n) is 2.90. The third kappa shape index (κ3) is 5.63. The standard InChI is InChI=1S/C18H30BrNO/c1-5-8-11-18(6-2,14-20-7-3)13-15-12-16(19)9-10-17(15)21-4/h9-10,12,20H,5-8,11,13-14H2,1-4H3. The molecule has 1 aromatic carbocycles. The summed E-state index contributed by atoms with van der Waals surface area (Å²) in [5.74, 6) is 1.00. The molecule has 1 N–H and O–H groups in total. The molecule has 0 aliphatic carbocycles.